The van der Waals surface area contributed by atoms with Crippen molar-refractivity contribution in [2.75, 3.05) is 5.32 Å². The van der Waals surface area contributed by atoms with Gasteiger partial charge in [0.15, 0.2) is 0 Å². The van der Waals surface area contributed by atoms with Crippen LogP contribution in [0.1, 0.15) is 24.5 Å². The number of rotatable bonds is 5. The van der Waals surface area contributed by atoms with Crippen LogP contribution in [0.15, 0.2) is 40.9 Å². The summed E-state index contributed by atoms with van der Waals surface area (Å²) in [6.45, 7) is 1.21. The molecule has 0 radical (unpaired) electrons. The molecule has 0 aliphatic heterocycles. The van der Waals surface area contributed by atoms with Crippen molar-refractivity contribution in [2.24, 2.45) is 0 Å². The topological polar surface area (TPSA) is 95.5 Å². The number of carbonyl (C=O) groups is 3. The van der Waals surface area contributed by atoms with E-state index in [0.29, 0.717) is 5.69 Å². The van der Waals surface area contributed by atoms with E-state index in [4.69, 9.17) is 5.11 Å². The van der Waals surface area contributed by atoms with Gasteiger partial charge < -0.3 is 15.7 Å². The summed E-state index contributed by atoms with van der Waals surface area (Å²) in [4.78, 5) is 34.3. The zero-order valence-electron chi connectivity index (χ0n) is 14.0. The number of hydrogen-bond donors (Lipinski definition) is 3. The number of carboxylic acid groups (broad SMARTS) is 1. The molecule has 3 N–H and O–H groups in total. The maximum atomic E-state index is 12.1. The van der Waals surface area contributed by atoms with E-state index in [1.54, 1.807) is 6.07 Å². The Morgan fingerprint density at radius 2 is 1.77 bits per heavy atom. The summed E-state index contributed by atoms with van der Waals surface area (Å²) in [6, 6.07) is 10.5. The number of carboxylic acids is 1. The van der Waals surface area contributed by atoms with Gasteiger partial charge in [0, 0.05) is 17.1 Å². The first kappa shape index (κ1) is 18.1. The van der Waals surface area contributed by atoms with Crippen LogP contribution in [-0.2, 0) is 20.8 Å². The molecule has 0 bridgehead atoms. The summed E-state index contributed by atoms with van der Waals surface area (Å²) in [7, 11) is 0. The smallest absolute Gasteiger partial charge is 0.326 e. The molecule has 6 nitrogen and oxygen atoms in total. The van der Waals surface area contributed by atoms with Crippen molar-refractivity contribution in [2.45, 2.75) is 25.8 Å². The highest BCUT2D eigenvalue weighted by molar-refractivity contribution is 9.10. The SMILES string of the molecule is CC(=O)N[C@@H](CC(=O)Nc1ccc2c(c1)Cc1cc(Br)ccc1-2)C(=O)O. The third-order valence-corrected chi connectivity index (χ3v) is 4.69. The molecule has 26 heavy (non-hydrogen) atoms. The van der Waals surface area contributed by atoms with Crippen LogP contribution in [0, 0.1) is 0 Å². The first-order valence-corrected chi connectivity index (χ1v) is 8.84. The highest BCUT2D eigenvalue weighted by Gasteiger charge is 2.23. The fourth-order valence-electron chi connectivity index (χ4n) is 3.10. The van der Waals surface area contributed by atoms with Crippen LogP contribution in [0.5, 0.6) is 0 Å². The fraction of sp³-hybridized carbons (Fsp3) is 0.211. The molecular formula is C19H17BrN2O4. The van der Waals surface area contributed by atoms with E-state index in [1.807, 2.05) is 18.2 Å². The van der Waals surface area contributed by atoms with Gasteiger partial charge in [-0.05, 0) is 52.9 Å². The van der Waals surface area contributed by atoms with E-state index in [-0.39, 0.29) is 6.42 Å². The predicted molar refractivity (Wildman–Crippen MR) is 101 cm³/mol. The number of aliphatic carboxylic acids is 1. The molecule has 1 aliphatic carbocycles. The molecule has 134 valence electrons. The van der Waals surface area contributed by atoms with Gasteiger partial charge in [-0.25, -0.2) is 4.79 Å². The molecule has 2 aromatic carbocycles. The number of fused-ring (bicyclic) bond motifs is 3. The first-order chi connectivity index (χ1) is 12.3. The van der Waals surface area contributed by atoms with Crippen LogP contribution in [0.3, 0.4) is 0 Å². The van der Waals surface area contributed by atoms with E-state index in [1.165, 1.54) is 18.1 Å². The molecular weight excluding hydrogens is 400 g/mol. The normalized spacial score (nSPS) is 12.7. The third-order valence-electron chi connectivity index (χ3n) is 4.19. The Morgan fingerprint density at radius 3 is 2.42 bits per heavy atom. The van der Waals surface area contributed by atoms with Crippen molar-refractivity contribution in [3.05, 3.63) is 52.0 Å². The summed E-state index contributed by atoms with van der Waals surface area (Å²) in [5.74, 6) is -2.21. The largest absolute Gasteiger partial charge is 0.480 e. The zero-order chi connectivity index (χ0) is 18.8. The molecule has 1 aliphatic rings. The summed E-state index contributed by atoms with van der Waals surface area (Å²) >= 11 is 3.47. The molecule has 3 rings (SSSR count). The fourth-order valence-corrected chi connectivity index (χ4v) is 3.51. The standard InChI is InChI=1S/C19H17BrN2O4/c1-10(23)21-17(19(25)26)9-18(24)22-14-3-5-16-12(8-14)6-11-7-13(20)2-4-15(11)16/h2-5,7-8,17H,6,9H2,1H3,(H,21,23)(H,22,24)(H,25,26)/t17-/m0/s1. The monoisotopic (exact) mass is 416 g/mol. The molecule has 0 heterocycles. The summed E-state index contributed by atoms with van der Waals surface area (Å²) in [5.41, 5.74) is 5.24. The second kappa shape index (κ2) is 7.29. The molecule has 0 spiro atoms. The minimum atomic E-state index is -1.25. The first-order valence-electron chi connectivity index (χ1n) is 8.05. The van der Waals surface area contributed by atoms with Crippen molar-refractivity contribution >= 4 is 39.4 Å². The Labute approximate surface area is 158 Å². The van der Waals surface area contributed by atoms with E-state index in [0.717, 1.165) is 22.0 Å². The Bertz CT molecular complexity index is 910. The van der Waals surface area contributed by atoms with Gasteiger partial charge in [0.25, 0.3) is 0 Å². The number of benzene rings is 2. The molecule has 0 unspecified atom stereocenters. The molecule has 2 amide bonds. The molecule has 2 aromatic rings. The summed E-state index contributed by atoms with van der Waals surface area (Å²) < 4.78 is 1.02. The minimum Gasteiger partial charge on any atom is -0.480 e. The minimum absolute atomic E-state index is 0.334. The van der Waals surface area contributed by atoms with Crippen LogP contribution in [0.2, 0.25) is 0 Å². The Kier molecular flexibility index (Phi) is 5.08. The molecule has 1 atom stereocenters. The molecule has 0 fully saturated rings. The Balaban J connectivity index is 1.71. The second-order valence-electron chi connectivity index (χ2n) is 6.19. The maximum absolute atomic E-state index is 12.1. The highest BCUT2D eigenvalue weighted by atomic mass is 79.9. The van der Waals surface area contributed by atoms with E-state index < -0.39 is 23.8 Å². The van der Waals surface area contributed by atoms with Crippen molar-refractivity contribution < 1.29 is 19.5 Å². The van der Waals surface area contributed by atoms with E-state index in [9.17, 15) is 14.4 Å². The van der Waals surface area contributed by atoms with Crippen molar-refractivity contribution in [3.63, 3.8) is 0 Å². The Morgan fingerprint density at radius 1 is 1.12 bits per heavy atom. The summed E-state index contributed by atoms with van der Waals surface area (Å²) in [6.07, 6.45) is 0.441. The van der Waals surface area contributed by atoms with Crippen molar-refractivity contribution in [1.82, 2.24) is 5.32 Å². The third kappa shape index (κ3) is 3.94. The average molecular weight is 417 g/mol. The van der Waals surface area contributed by atoms with Crippen molar-refractivity contribution in [1.29, 1.82) is 0 Å². The maximum Gasteiger partial charge on any atom is 0.326 e. The summed E-state index contributed by atoms with van der Waals surface area (Å²) in [5, 5.41) is 14.0. The number of anilines is 1. The molecule has 7 heteroatoms. The Hall–Kier alpha value is -2.67. The van der Waals surface area contributed by atoms with Gasteiger partial charge in [0.2, 0.25) is 11.8 Å². The van der Waals surface area contributed by atoms with Gasteiger partial charge in [-0.1, -0.05) is 28.1 Å². The lowest BCUT2D eigenvalue weighted by molar-refractivity contribution is -0.142. The number of amides is 2. The van der Waals surface area contributed by atoms with Gasteiger partial charge in [-0.15, -0.1) is 0 Å². The average Bonchev–Trinajstić information content (AvgIpc) is 2.89. The second-order valence-corrected chi connectivity index (χ2v) is 7.11. The van der Waals surface area contributed by atoms with E-state index >= 15 is 0 Å². The number of nitrogens with one attached hydrogen (secondary N) is 2. The number of halogens is 1. The van der Waals surface area contributed by atoms with Crippen LogP contribution in [0.4, 0.5) is 5.69 Å². The molecule has 0 saturated heterocycles. The van der Waals surface area contributed by atoms with Crippen LogP contribution in [-0.4, -0.2) is 28.9 Å². The molecule has 0 saturated carbocycles. The highest BCUT2D eigenvalue weighted by Crippen LogP contribution is 2.38. The predicted octanol–water partition coefficient (Wildman–Crippen LogP) is 2.94. The van der Waals surface area contributed by atoms with Crippen LogP contribution < -0.4 is 10.6 Å². The van der Waals surface area contributed by atoms with Crippen LogP contribution >= 0.6 is 15.9 Å². The zero-order valence-corrected chi connectivity index (χ0v) is 15.6. The van der Waals surface area contributed by atoms with Gasteiger partial charge in [-0.3, -0.25) is 9.59 Å². The lowest BCUT2D eigenvalue weighted by atomic mass is 10.1. The lowest BCUT2D eigenvalue weighted by Crippen LogP contribution is -2.42. The van der Waals surface area contributed by atoms with Crippen LogP contribution in [0.25, 0.3) is 11.1 Å². The molecule has 0 aromatic heterocycles. The number of hydrogen-bond acceptors (Lipinski definition) is 3. The lowest BCUT2D eigenvalue weighted by Gasteiger charge is -2.13. The van der Waals surface area contributed by atoms with Gasteiger partial charge in [0.1, 0.15) is 6.04 Å². The van der Waals surface area contributed by atoms with Gasteiger partial charge >= 0.3 is 5.97 Å². The number of carbonyl (C=O) groups excluding carboxylic acids is 2. The van der Waals surface area contributed by atoms with Crippen molar-refractivity contribution in [3.8, 4) is 11.1 Å². The van der Waals surface area contributed by atoms with E-state index in [2.05, 4.69) is 38.7 Å². The van der Waals surface area contributed by atoms with Gasteiger partial charge in [-0.2, -0.15) is 0 Å². The van der Waals surface area contributed by atoms with Gasteiger partial charge in [0.05, 0.1) is 6.42 Å². The quantitative estimate of drug-likeness (QED) is 0.595.